The number of nitrogens with two attached hydrogens (primary N) is 1. The molecule has 1 atom stereocenters. The van der Waals surface area contributed by atoms with Crippen molar-refractivity contribution in [1.82, 2.24) is 5.32 Å². The highest BCUT2D eigenvalue weighted by Gasteiger charge is 2.10. The van der Waals surface area contributed by atoms with Crippen LogP contribution in [0.5, 0.6) is 0 Å². The fourth-order valence-corrected chi connectivity index (χ4v) is 2.81. The maximum atomic E-state index is 8.84. The van der Waals surface area contributed by atoms with Crippen LogP contribution in [-0.4, -0.2) is 11.0 Å². The fourth-order valence-electron chi connectivity index (χ4n) is 2.18. The number of benzene rings is 2. The normalized spacial score (nSPS) is 13.1. The summed E-state index contributed by atoms with van der Waals surface area (Å²) in [5.74, 6) is 0.126. The van der Waals surface area contributed by atoms with Crippen molar-refractivity contribution in [3.63, 3.8) is 0 Å². The smallest absolute Gasteiger partial charge is 0.170 e. The highest BCUT2D eigenvalue weighted by Crippen LogP contribution is 2.23. The standard InChI is InChI=1S/C16H18BrN3O/c1-11(13-7-4-5-9-15(13)17)19-10-12-6-2-3-8-14(12)16(18)20-21/h2-9,11,19,21H,10H2,1H3,(H2,18,20)/t11-/m1/s1. The lowest BCUT2D eigenvalue weighted by Crippen LogP contribution is -2.22. The summed E-state index contributed by atoms with van der Waals surface area (Å²) in [5, 5.41) is 15.4. The third-order valence-electron chi connectivity index (χ3n) is 3.37. The van der Waals surface area contributed by atoms with E-state index in [1.165, 1.54) is 5.56 Å². The first-order valence-electron chi connectivity index (χ1n) is 6.67. The van der Waals surface area contributed by atoms with Crippen LogP contribution >= 0.6 is 15.9 Å². The van der Waals surface area contributed by atoms with E-state index in [1.807, 2.05) is 42.5 Å². The minimum absolute atomic E-state index is 0.126. The molecule has 110 valence electrons. The Balaban J connectivity index is 2.12. The molecular weight excluding hydrogens is 330 g/mol. The van der Waals surface area contributed by atoms with Gasteiger partial charge in [-0.2, -0.15) is 0 Å². The first-order valence-corrected chi connectivity index (χ1v) is 7.46. The molecule has 2 aromatic carbocycles. The number of nitrogens with one attached hydrogen (secondary N) is 1. The molecule has 2 aromatic rings. The molecule has 0 aliphatic heterocycles. The monoisotopic (exact) mass is 347 g/mol. The molecule has 0 amide bonds. The molecule has 5 heteroatoms. The molecule has 4 N–H and O–H groups in total. The number of halogens is 1. The van der Waals surface area contributed by atoms with Crippen molar-refractivity contribution in [3.05, 3.63) is 69.7 Å². The van der Waals surface area contributed by atoms with E-state index in [1.54, 1.807) is 0 Å². The molecule has 2 rings (SSSR count). The number of oxime groups is 1. The third-order valence-corrected chi connectivity index (χ3v) is 4.09. The summed E-state index contributed by atoms with van der Waals surface area (Å²) >= 11 is 3.56. The Hall–Kier alpha value is -1.85. The zero-order valence-corrected chi connectivity index (χ0v) is 13.3. The summed E-state index contributed by atoms with van der Waals surface area (Å²) in [4.78, 5) is 0. The zero-order chi connectivity index (χ0) is 15.2. The maximum Gasteiger partial charge on any atom is 0.170 e. The Morgan fingerprint density at radius 2 is 1.90 bits per heavy atom. The van der Waals surface area contributed by atoms with Gasteiger partial charge in [0.25, 0.3) is 0 Å². The van der Waals surface area contributed by atoms with Gasteiger partial charge in [-0.3, -0.25) is 0 Å². The van der Waals surface area contributed by atoms with E-state index in [0.29, 0.717) is 6.54 Å². The molecule has 0 saturated heterocycles. The summed E-state index contributed by atoms with van der Waals surface area (Å²) in [7, 11) is 0. The zero-order valence-electron chi connectivity index (χ0n) is 11.8. The van der Waals surface area contributed by atoms with Crippen molar-refractivity contribution < 1.29 is 5.21 Å². The second-order valence-electron chi connectivity index (χ2n) is 4.77. The van der Waals surface area contributed by atoms with Crippen molar-refractivity contribution in [2.75, 3.05) is 0 Å². The van der Waals surface area contributed by atoms with Crippen molar-refractivity contribution in [1.29, 1.82) is 0 Å². The van der Waals surface area contributed by atoms with Gasteiger partial charge in [0, 0.05) is 22.6 Å². The van der Waals surface area contributed by atoms with Crippen LogP contribution in [0.2, 0.25) is 0 Å². The van der Waals surface area contributed by atoms with E-state index >= 15 is 0 Å². The van der Waals surface area contributed by atoms with Crippen LogP contribution in [0, 0.1) is 0 Å². The van der Waals surface area contributed by atoms with Crippen LogP contribution in [0.15, 0.2) is 58.2 Å². The molecule has 4 nitrogen and oxygen atoms in total. The van der Waals surface area contributed by atoms with E-state index in [9.17, 15) is 0 Å². The van der Waals surface area contributed by atoms with Crippen LogP contribution in [-0.2, 0) is 6.54 Å². The van der Waals surface area contributed by atoms with Crippen LogP contribution in [0.3, 0.4) is 0 Å². The minimum atomic E-state index is 0.126. The van der Waals surface area contributed by atoms with Gasteiger partial charge in [-0.25, -0.2) is 0 Å². The van der Waals surface area contributed by atoms with Crippen molar-refractivity contribution in [2.45, 2.75) is 19.5 Å². The fraction of sp³-hybridized carbons (Fsp3) is 0.188. The van der Waals surface area contributed by atoms with E-state index in [4.69, 9.17) is 10.9 Å². The summed E-state index contributed by atoms with van der Waals surface area (Å²) in [6.45, 7) is 2.74. The number of nitrogens with zero attached hydrogens (tertiary/aromatic N) is 1. The average Bonchev–Trinajstić information content (AvgIpc) is 2.52. The van der Waals surface area contributed by atoms with Gasteiger partial charge >= 0.3 is 0 Å². The van der Waals surface area contributed by atoms with Gasteiger partial charge in [0.2, 0.25) is 0 Å². The second kappa shape index (κ2) is 7.24. The maximum absolute atomic E-state index is 8.84. The molecule has 0 aliphatic rings. The highest BCUT2D eigenvalue weighted by atomic mass is 79.9. The SMILES string of the molecule is C[C@@H](NCc1ccccc1/C(N)=N/O)c1ccccc1Br. The molecule has 0 aliphatic carbocycles. The Morgan fingerprint density at radius 3 is 2.62 bits per heavy atom. The van der Waals surface area contributed by atoms with Gasteiger partial charge in [0.15, 0.2) is 5.84 Å². The number of rotatable bonds is 5. The lowest BCUT2D eigenvalue weighted by Gasteiger charge is -2.17. The summed E-state index contributed by atoms with van der Waals surface area (Å²) in [5.41, 5.74) is 8.63. The topological polar surface area (TPSA) is 70.6 Å². The highest BCUT2D eigenvalue weighted by molar-refractivity contribution is 9.10. The van der Waals surface area contributed by atoms with Crippen LogP contribution in [0.4, 0.5) is 0 Å². The van der Waals surface area contributed by atoms with Crippen molar-refractivity contribution in [3.8, 4) is 0 Å². The summed E-state index contributed by atoms with van der Waals surface area (Å²) in [6.07, 6.45) is 0. The van der Waals surface area contributed by atoms with Gasteiger partial charge in [-0.05, 0) is 24.1 Å². The van der Waals surface area contributed by atoms with Crippen molar-refractivity contribution >= 4 is 21.8 Å². The molecule has 0 spiro atoms. The number of amidine groups is 1. The Morgan fingerprint density at radius 1 is 1.24 bits per heavy atom. The number of hydrogen-bond acceptors (Lipinski definition) is 3. The Labute approximate surface area is 132 Å². The van der Waals surface area contributed by atoms with E-state index in [-0.39, 0.29) is 11.9 Å². The average molecular weight is 348 g/mol. The number of hydrogen-bond donors (Lipinski definition) is 3. The molecule has 0 fully saturated rings. The van der Waals surface area contributed by atoms with Crippen LogP contribution in [0.25, 0.3) is 0 Å². The lowest BCUT2D eigenvalue weighted by atomic mass is 10.0. The quantitative estimate of drug-likeness (QED) is 0.336. The molecule has 0 unspecified atom stereocenters. The predicted octanol–water partition coefficient (Wildman–Crippen LogP) is 3.39. The molecule has 0 aromatic heterocycles. The molecule has 0 radical (unpaired) electrons. The van der Waals surface area contributed by atoms with E-state index in [2.05, 4.69) is 39.4 Å². The van der Waals surface area contributed by atoms with E-state index < -0.39 is 0 Å². The largest absolute Gasteiger partial charge is 0.409 e. The predicted molar refractivity (Wildman–Crippen MR) is 88.3 cm³/mol. The molecule has 0 bridgehead atoms. The summed E-state index contributed by atoms with van der Waals surface area (Å²) in [6, 6.07) is 15.9. The molecule has 0 heterocycles. The van der Waals surface area contributed by atoms with Gasteiger partial charge in [0.05, 0.1) is 0 Å². The first kappa shape index (κ1) is 15.5. The van der Waals surface area contributed by atoms with Gasteiger partial charge < -0.3 is 16.3 Å². The lowest BCUT2D eigenvalue weighted by molar-refractivity contribution is 0.318. The van der Waals surface area contributed by atoms with E-state index in [0.717, 1.165) is 15.6 Å². The summed E-state index contributed by atoms with van der Waals surface area (Å²) < 4.78 is 1.08. The van der Waals surface area contributed by atoms with Gasteiger partial charge in [-0.15, -0.1) is 0 Å². The second-order valence-corrected chi connectivity index (χ2v) is 5.62. The Bertz CT molecular complexity index is 643. The minimum Gasteiger partial charge on any atom is -0.409 e. The van der Waals surface area contributed by atoms with Gasteiger partial charge in [0.1, 0.15) is 0 Å². The van der Waals surface area contributed by atoms with Gasteiger partial charge in [-0.1, -0.05) is 63.6 Å². The molecular formula is C16H18BrN3O. The molecule has 0 saturated carbocycles. The van der Waals surface area contributed by atoms with Crippen LogP contribution < -0.4 is 11.1 Å². The first-order chi connectivity index (χ1) is 10.1. The Kier molecular flexibility index (Phi) is 5.36. The molecule has 21 heavy (non-hydrogen) atoms. The van der Waals surface area contributed by atoms with Crippen LogP contribution in [0.1, 0.15) is 29.7 Å². The van der Waals surface area contributed by atoms with Crippen molar-refractivity contribution in [2.24, 2.45) is 10.9 Å². The third kappa shape index (κ3) is 3.83.